The van der Waals surface area contributed by atoms with Gasteiger partial charge in [-0.1, -0.05) is 18.6 Å². The first kappa shape index (κ1) is 14.9. The summed E-state index contributed by atoms with van der Waals surface area (Å²) < 4.78 is 0. The van der Waals surface area contributed by atoms with Gasteiger partial charge in [-0.2, -0.15) is 0 Å². The van der Waals surface area contributed by atoms with E-state index in [1.54, 1.807) is 0 Å². The van der Waals surface area contributed by atoms with Gasteiger partial charge in [-0.25, -0.2) is 0 Å². The first-order chi connectivity index (χ1) is 10.4. The van der Waals surface area contributed by atoms with Gasteiger partial charge in [-0.05, 0) is 63.5 Å². The highest BCUT2D eigenvalue weighted by molar-refractivity contribution is 5.48. The van der Waals surface area contributed by atoms with E-state index in [1.807, 2.05) is 7.05 Å². The molecule has 0 aliphatic carbocycles. The molecule has 3 nitrogen and oxygen atoms in total. The second kappa shape index (κ2) is 7.28. The molecule has 116 valence electrons. The molecule has 0 atom stereocenters. The Morgan fingerprint density at radius 2 is 1.62 bits per heavy atom. The SMILES string of the molecule is CNCc1ccc(N2CCC(N3CCCCC3)CC2)cc1. The van der Waals surface area contributed by atoms with Crippen LogP contribution in [0.1, 0.15) is 37.7 Å². The quantitative estimate of drug-likeness (QED) is 0.918. The number of nitrogens with zero attached hydrogens (tertiary/aromatic N) is 2. The predicted molar refractivity (Wildman–Crippen MR) is 89.9 cm³/mol. The van der Waals surface area contributed by atoms with Crippen molar-refractivity contribution >= 4 is 5.69 Å². The van der Waals surface area contributed by atoms with E-state index in [1.165, 1.54) is 69.5 Å². The van der Waals surface area contributed by atoms with Gasteiger partial charge in [0.25, 0.3) is 0 Å². The fraction of sp³-hybridized carbons (Fsp3) is 0.667. The molecule has 2 aliphatic rings. The minimum atomic E-state index is 0.838. The fourth-order valence-electron chi connectivity index (χ4n) is 3.80. The van der Waals surface area contributed by atoms with Gasteiger partial charge in [0.2, 0.25) is 0 Å². The summed E-state index contributed by atoms with van der Waals surface area (Å²) in [4.78, 5) is 5.31. The van der Waals surface area contributed by atoms with Gasteiger partial charge in [0.15, 0.2) is 0 Å². The Kier molecular flexibility index (Phi) is 5.15. The van der Waals surface area contributed by atoms with E-state index in [0.717, 1.165) is 12.6 Å². The first-order valence-corrected chi connectivity index (χ1v) is 8.59. The molecule has 0 saturated carbocycles. The van der Waals surface area contributed by atoms with Gasteiger partial charge in [-0.15, -0.1) is 0 Å². The molecule has 2 saturated heterocycles. The van der Waals surface area contributed by atoms with Gasteiger partial charge in [0.1, 0.15) is 0 Å². The summed E-state index contributed by atoms with van der Waals surface area (Å²) in [7, 11) is 2.00. The van der Waals surface area contributed by atoms with Crippen LogP contribution >= 0.6 is 0 Å². The standard InChI is InChI=1S/C18H29N3/c1-19-15-16-5-7-17(8-6-16)21-13-9-18(10-14-21)20-11-3-2-4-12-20/h5-8,18-19H,2-4,9-15H2,1H3. The third-order valence-electron chi connectivity index (χ3n) is 5.05. The molecule has 3 heteroatoms. The average molecular weight is 287 g/mol. The van der Waals surface area contributed by atoms with Crippen LogP contribution in [-0.4, -0.2) is 44.2 Å². The zero-order valence-electron chi connectivity index (χ0n) is 13.4. The lowest BCUT2D eigenvalue weighted by Crippen LogP contribution is -2.46. The molecule has 2 heterocycles. The van der Waals surface area contributed by atoms with Crippen LogP contribution < -0.4 is 10.2 Å². The monoisotopic (exact) mass is 287 g/mol. The van der Waals surface area contributed by atoms with E-state index >= 15 is 0 Å². The van der Waals surface area contributed by atoms with Crippen molar-refractivity contribution in [2.45, 2.75) is 44.7 Å². The maximum Gasteiger partial charge on any atom is 0.0366 e. The summed E-state index contributed by atoms with van der Waals surface area (Å²) in [5.74, 6) is 0. The molecule has 1 N–H and O–H groups in total. The third kappa shape index (κ3) is 3.78. The van der Waals surface area contributed by atoms with Gasteiger partial charge in [-0.3, -0.25) is 0 Å². The summed E-state index contributed by atoms with van der Waals surface area (Å²) in [6.45, 7) is 6.06. The van der Waals surface area contributed by atoms with Gasteiger partial charge >= 0.3 is 0 Å². The normalized spacial score (nSPS) is 21.7. The number of nitrogens with one attached hydrogen (secondary N) is 1. The Morgan fingerprint density at radius 1 is 0.952 bits per heavy atom. The van der Waals surface area contributed by atoms with Crippen molar-refractivity contribution in [2.24, 2.45) is 0 Å². The summed E-state index contributed by atoms with van der Waals surface area (Å²) in [6.07, 6.45) is 6.92. The zero-order valence-corrected chi connectivity index (χ0v) is 13.4. The minimum absolute atomic E-state index is 0.838. The Labute approximate surface area is 129 Å². The lowest BCUT2D eigenvalue weighted by atomic mass is 9.99. The Hall–Kier alpha value is -1.06. The molecule has 2 fully saturated rings. The number of rotatable bonds is 4. The third-order valence-corrected chi connectivity index (χ3v) is 5.05. The second-order valence-electron chi connectivity index (χ2n) is 6.51. The van der Waals surface area contributed by atoms with Crippen LogP contribution in [-0.2, 0) is 6.54 Å². The molecule has 0 amide bonds. The van der Waals surface area contributed by atoms with Crippen LogP contribution in [0.3, 0.4) is 0 Å². The Bertz CT molecular complexity index is 415. The van der Waals surface area contributed by atoms with E-state index in [2.05, 4.69) is 39.4 Å². The molecule has 1 aromatic carbocycles. The van der Waals surface area contributed by atoms with Gasteiger partial charge < -0.3 is 15.1 Å². The number of hydrogen-bond acceptors (Lipinski definition) is 3. The highest BCUT2D eigenvalue weighted by Crippen LogP contribution is 2.24. The van der Waals surface area contributed by atoms with Crippen molar-refractivity contribution in [3.63, 3.8) is 0 Å². The number of benzene rings is 1. The van der Waals surface area contributed by atoms with Crippen LogP contribution in [0, 0.1) is 0 Å². The summed E-state index contributed by atoms with van der Waals surface area (Å²) in [5, 5.41) is 3.21. The van der Waals surface area contributed by atoms with Crippen molar-refractivity contribution in [3.05, 3.63) is 29.8 Å². The van der Waals surface area contributed by atoms with Gasteiger partial charge in [0, 0.05) is 31.4 Å². The zero-order chi connectivity index (χ0) is 14.5. The molecule has 0 unspecified atom stereocenters. The van der Waals surface area contributed by atoms with Crippen molar-refractivity contribution in [1.29, 1.82) is 0 Å². The van der Waals surface area contributed by atoms with Crippen molar-refractivity contribution in [2.75, 3.05) is 38.1 Å². The molecule has 0 bridgehead atoms. The first-order valence-electron chi connectivity index (χ1n) is 8.59. The molecular formula is C18H29N3. The van der Waals surface area contributed by atoms with Crippen LogP contribution in [0.5, 0.6) is 0 Å². The minimum Gasteiger partial charge on any atom is -0.371 e. The maximum atomic E-state index is 3.21. The molecule has 0 spiro atoms. The summed E-state index contributed by atoms with van der Waals surface area (Å²) in [6, 6.07) is 9.91. The van der Waals surface area contributed by atoms with Crippen molar-refractivity contribution < 1.29 is 0 Å². The van der Waals surface area contributed by atoms with E-state index < -0.39 is 0 Å². The van der Waals surface area contributed by atoms with E-state index in [-0.39, 0.29) is 0 Å². The average Bonchev–Trinajstić information content (AvgIpc) is 2.57. The number of piperidine rings is 2. The lowest BCUT2D eigenvalue weighted by Gasteiger charge is -2.41. The molecule has 21 heavy (non-hydrogen) atoms. The molecular weight excluding hydrogens is 258 g/mol. The van der Waals surface area contributed by atoms with Crippen LogP contribution in [0.2, 0.25) is 0 Å². The Balaban J connectivity index is 1.52. The summed E-state index contributed by atoms with van der Waals surface area (Å²) in [5.41, 5.74) is 2.76. The van der Waals surface area contributed by atoms with Gasteiger partial charge in [0.05, 0.1) is 0 Å². The smallest absolute Gasteiger partial charge is 0.0366 e. The largest absolute Gasteiger partial charge is 0.371 e. The molecule has 1 aromatic rings. The Morgan fingerprint density at radius 3 is 2.24 bits per heavy atom. The summed E-state index contributed by atoms with van der Waals surface area (Å²) >= 11 is 0. The highest BCUT2D eigenvalue weighted by atomic mass is 15.2. The van der Waals surface area contributed by atoms with Crippen LogP contribution in [0.4, 0.5) is 5.69 Å². The molecule has 0 radical (unpaired) electrons. The second-order valence-corrected chi connectivity index (χ2v) is 6.51. The number of hydrogen-bond donors (Lipinski definition) is 1. The predicted octanol–water partition coefficient (Wildman–Crippen LogP) is 2.86. The topological polar surface area (TPSA) is 18.5 Å². The van der Waals surface area contributed by atoms with Crippen molar-refractivity contribution in [3.8, 4) is 0 Å². The van der Waals surface area contributed by atoms with E-state index in [9.17, 15) is 0 Å². The lowest BCUT2D eigenvalue weighted by molar-refractivity contribution is 0.141. The molecule has 0 aromatic heterocycles. The highest BCUT2D eigenvalue weighted by Gasteiger charge is 2.25. The number of anilines is 1. The van der Waals surface area contributed by atoms with E-state index in [4.69, 9.17) is 0 Å². The molecule has 2 aliphatic heterocycles. The fourth-order valence-corrected chi connectivity index (χ4v) is 3.80. The van der Waals surface area contributed by atoms with Crippen molar-refractivity contribution in [1.82, 2.24) is 10.2 Å². The number of likely N-dealkylation sites (tertiary alicyclic amines) is 1. The van der Waals surface area contributed by atoms with Crippen LogP contribution in [0.15, 0.2) is 24.3 Å². The van der Waals surface area contributed by atoms with E-state index in [0.29, 0.717) is 0 Å². The maximum absolute atomic E-state index is 3.21. The van der Waals surface area contributed by atoms with Crippen LogP contribution in [0.25, 0.3) is 0 Å². The molecule has 3 rings (SSSR count).